The normalized spacial score (nSPS) is 16.4. The minimum absolute atomic E-state index is 0.654. The molecule has 0 saturated heterocycles. The first-order valence-electron chi connectivity index (χ1n) is 8.30. The van der Waals surface area contributed by atoms with Crippen LogP contribution >= 0.6 is 11.6 Å². The Labute approximate surface area is 134 Å². The number of hydrogen-bond acceptors (Lipinski definition) is 2. The van der Waals surface area contributed by atoms with Crippen LogP contribution in [-0.4, -0.2) is 19.6 Å². The summed E-state index contributed by atoms with van der Waals surface area (Å²) >= 11 is 6.52. The van der Waals surface area contributed by atoms with Gasteiger partial charge in [-0.1, -0.05) is 50.8 Å². The van der Waals surface area contributed by atoms with Crippen molar-refractivity contribution in [3.8, 4) is 0 Å². The van der Waals surface area contributed by atoms with Crippen molar-refractivity contribution in [2.45, 2.75) is 58.5 Å². The van der Waals surface area contributed by atoms with E-state index in [0.717, 1.165) is 18.1 Å². The molecular weight excluding hydrogens is 280 g/mol. The lowest BCUT2D eigenvalue weighted by Gasteiger charge is -2.33. The van der Waals surface area contributed by atoms with E-state index >= 15 is 0 Å². The summed E-state index contributed by atoms with van der Waals surface area (Å²) in [5.74, 6) is 0.678. The van der Waals surface area contributed by atoms with Crippen LogP contribution in [0, 0.1) is 5.92 Å². The molecule has 2 rings (SSSR count). The molecule has 0 unspecified atom stereocenters. The van der Waals surface area contributed by atoms with Gasteiger partial charge in [-0.05, 0) is 43.0 Å². The van der Waals surface area contributed by atoms with Gasteiger partial charge in [0.05, 0.1) is 10.7 Å². The summed E-state index contributed by atoms with van der Waals surface area (Å²) < 4.78 is 0. The van der Waals surface area contributed by atoms with E-state index in [1.165, 1.54) is 43.4 Å². The summed E-state index contributed by atoms with van der Waals surface area (Å²) in [4.78, 5) is 2.38. The topological polar surface area (TPSA) is 15.3 Å². The van der Waals surface area contributed by atoms with Crippen LogP contribution in [0.5, 0.6) is 0 Å². The first-order valence-corrected chi connectivity index (χ1v) is 8.67. The number of hydrogen-bond donors (Lipinski definition) is 1. The lowest BCUT2D eigenvalue weighted by atomic mass is 9.94. The van der Waals surface area contributed by atoms with Gasteiger partial charge in [-0.2, -0.15) is 0 Å². The molecule has 1 fully saturated rings. The van der Waals surface area contributed by atoms with Gasteiger partial charge in [-0.3, -0.25) is 0 Å². The van der Waals surface area contributed by atoms with E-state index in [0.29, 0.717) is 12.0 Å². The minimum atomic E-state index is 0.654. The molecule has 1 N–H and O–H groups in total. The third-order valence-corrected chi connectivity index (χ3v) is 4.70. The molecule has 1 aromatic rings. The fraction of sp³-hybridized carbons (Fsp3) is 0.667. The Kier molecular flexibility index (Phi) is 6.38. The molecule has 118 valence electrons. The summed E-state index contributed by atoms with van der Waals surface area (Å²) in [5, 5.41) is 4.35. The summed E-state index contributed by atoms with van der Waals surface area (Å²) in [6, 6.07) is 7.15. The molecule has 0 spiro atoms. The molecule has 1 aliphatic rings. The van der Waals surface area contributed by atoms with Crippen LogP contribution in [0.1, 0.15) is 51.5 Å². The SMILES string of the molecule is CC(C)CNCc1ccc(N(C)C2CCCCC2)c(Cl)c1. The highest BCUT2D eigenvalue weighted by Gasteiger charge is 2.19. The Balaban J connectivity index is 1.97. The Hall–Kier alpha value is -0.730. The van der Waals surface area contributed by atoms with Crippen molar-refractivity contribution in [3.05, 3.63) is 28.8 Å². The third-order valence-electron chi connectivity index (χ3n) is 4.40. The number of nitrogens with zero attached hydrogens (tertiary/aromatic N) is 1. The minimum Gasteiger partial charge on any atom is -0.370 e. The lowest BCUT2D eigenvalue weighted by molar-refractivity contribution is 0.427. The molecule has 0 atom stereocenters. The maximum atomic E-state index is 6.52. The van der Waals surface area contributed by atoms with Crippen LogP contribution in [0.3, 0.4) is 0 Å². The number of anilines is 1. The van der Waals surface area contributed by atoms with Gasteiger partial charge >= 0.3 is 0 Å². The molecule has 0 radical (unpaired) electrons. The Morgan fingerprint density at radius 3 is 2.57 bits per heavy atom. The van der Waals surface area contributed by atoms with Crippen molar-refractivity contribution < 1.29 is 0 Å². The average molecular weight is 309 g/mol. The van der Waals surface area contributed by atoms with Crippen molar-refractivity contribution in [3.63, 3.8) is 0 Å². The van der Waals surface area contributed by atoms with Crippen molar-refractivity contribution in [2.24, 2.45) is 5.92 Å². The molecule has 2 nitrogen and oxygen atoms in total. The largest absolute Gasteiger partial charge is 0.370 e. The molecule has 0 bridgehead atoms. The van der Waals surface area contributed by atoms with Gasteiger partial charge in [0.25, 0.3) is 0 Å². The first kappa shape index (κ1) is 16.6. The van der Waals surface area contributed by atoms with E-state index in [1.807, 2.05) is 0 Å². The molecule has 1 aliphatic carbocycles. The highest BCUT2D eigenvalue weighted by Crippen LogP contribution is 2.31. The van der Waals surface area contributed by atoms with Crippen LogP contribution in [0.2, 0.25) is 5.02 Å². The highest BCUT2D eigenvalue weighted by atomic mass is 35.5. The Morgan fingerprint density at radius 2 is 1.95 bits per heavy atom. The van der Waals surface area contributed by atoms with E-state index in [2.05, 4.69) is 49.3 Å². The number of halogens is 1. The van der Waals surface area contributed by atoms with E-state index in [9.17, 15) is 0 Å². The van der Waals surface area contributed by atoms with Crippen LogP contribution in [0.15, 0.2) is 18.2 Å². The van der Waals surface area contributed by atoms with Gasteiger partial charge in [0, 0.05) is 19.6 Å². The van der Waals surface area contributed by atoms with Crippen molar-refractivity contribution in [2.75, 3.05) is 18.5 Å². The van der Waals surface area contributed by atoms with Gasteiger partial charge in [0.15, 0.2) is 0 Å². The maximum absolute atomic E-state index is 6.52. The quantitative estimate of drug-likeness (QED) is 0.807. The smallest absolute Gasteiger partial charge is 0.0642 e. The molecule has 21 heavy (non-hydrogen) atoms. The monoisotopic (exact) mass is 308 g/mol. The van der Waals surface area contributed by atoms with Gasteiger partial charge < -0.3 is 10.2 Å². The van der Waals surface area contributed by atoms with E-state index in [4.69, 9.17) is 11.6 Å². The summed E-state index contributed by atoms with van der Waals surface area (Å²) in [7, 11) is 2.19. The molecule has 0 amide bonds. The van der Waals surface area contributed by atoms with Crippen LogP contribution < -0.4 is 10.2 Å². The second kappa shape index (κ2) is 8.05. The Bertz CT molecular complexity index is 439. The Morgan fingerprint density at radius 1 is 1.24 bits per heavy atom. The average Bonchev–Trinajstić information content (AvgIpc) is 2.47. The van der Waals surface area contributed by atoms with Gasteiger partial charge in [0.2, 0.25) is 0 Å². The molecule has 0 aromatic heterocycles. The van der Waals surface area contributed by atoms with Crippen molar-refractivity contribution in [1.29, 1.82) is 0 Å². The molecular formula is C18H29ClN2. The second-order valence-corrected chi connectivity index (χ2v) is 7.12. The summed E-state index contributed by atoms with van der Waals surface area (Å²) in [6.07, 6.45) is 6.68. The van der Waals surface area contributed by atoms with Crippen molar-refractivity contribution >= 4 is 17.3 Å². The van der Waals surface area contributed by atoms with Crippen LogP contribution in [-0.2, 0) is 6.54 Å². The zero-order valence-electron chi connectivity index (χ0n) is 13.7. The van der Waals surface area contributed by atoms with E-state index < -0.39 is 0 Å². The van der Waals surface area contributed by atoms with Gasteiger partial charge in [-0.25, -0.2) is 0 Å². The highest BCUT2D eigenvalue weighted by molar-refractivity contribution is 6.33. The van der Waals surface area contributed by atoms with Crippen molar-refractivity contribution in [1.82, 2.24) is 5.32 Å². The molecule has 1 saturated carbocycles. The van der Waals surface area contributed by atoms with E-state index in [-0.39, 0.29) is 0 Å². The predicted octanol–water partition coefficient (Wildman–Crippen LogP) is 4.85. The van der Waals surface area contributed by atoms with Gasteiger partial charge in [-0.15, -0.1) is 0 Å². The third kappa shape index (κ3) is 4.89. The number of benzene rings is 1. The summed E-state index contributed by atoms with van der Waals surface area (Å²) in [5.41, 5.74) is 2.44. The molecule has 0 heterocycles. The molecule has 0 aliphatic heterocycles. The maximum Gasteiger partial charge on any atom is 0.0642 e. The molecule has 1 aromatic carbocycles. The zero-order valence-corrected chi connectivity index (χ0v) is 14.4. The fourth-order valence-corrected chi connectivity index (χ4v) is 3.45. The number of rotatable bonds is 6. The lowest BCUT2D eigenvalue weighted by Crippen LogP contribution is -2.33. The number of nitrogens with one attached hydrogen (secondary N) is 1. The predicted molar refractivity (Wildman–Crippen MR) is 93.3 cm³/mol. The standard InChI is InChI=1S/C18H29ClN2/c1-14(2)12-20-13-15-9-10-18(17(19)11-15)21(3)16-7-5-4-6-8-16/h9-11,14,16,20H,4-8,12-13H2,1-3H3. The fourth-order valence-electron chi connectivity index (χ4n) is 3.12. The second-order valence-electron chi connectivity index (χ2n) is 6.71. The van der Waals surface area contributed by atoms with Crippen LogP contribution in [0.25, 0.3) is 0 Å². The summed E-state index contributed by atoms with van der Waals surface area (Å²) in [6.45, 7) is 6.39. The van der Waals surface area contributed by atoms with Crippen LogP contribution in [0.4, 0.5) is 5.69 Å². The van der Waals surface area contributed by atoms with E-state index in [1.54, 1.807) is 0 Å². The first-order chi connectivity index (χ1) is 10.1. The zero-order chi connectivity index (χ0) is 15.2. The van der Waals surface area contributed by atoms with Gasteiger partial charge in [0.1, 0.15) is 0 Å². The molecule has 3 heteroatoms.